The van der Waals surface area contributed by atoms with Crippen molar-refractivity contribution in [2.45, 2.75) is 13.0 Å². The second-order valence-corrected chi connectivity index (χ2v) is 3.94. The quantitative estimate of drug-likeness (QED) is 0.837. The van der Waals surface area contributed by atoms with E-state index in [1.165, 1.54) is 6.33 Å². The molecule has 0 amide bonds. The number of aromatic amines is 1. The van der Waals surface area contributed by atoms with Gasteiger partial charge in [0.2, 0.25) is 0 Å². The Labute approximate surface area is 95.5 Å². The van der Waals surface area contributed by atoms with Gasteiger partial charge in [0.05, 0.1) is 12.2 Å². The van der Waals surface area contributed by atoms with Crippen LogP contribution in [0.4, 0.5) is 5.82 Å². The van der Waals surface area contributed by atoms with Gasteiger partial charge in [-0.1, -0.05) is 0 Å². The van der Waals surface area contributed by atoms with Crippen molar-refractivity contribution in [2.24, 2.45) is 0 Å². The molecule has 2 rings (SSSR count). The SMILES string of the molecule is CC(Nc1cc(Br)ncn1)c1cn[nH]c1. The van der Waals surface area contributed by atoms with Crippen LogP contribution >= 0.6 is 15.9 Å². The Balaban J connectivity index is 2.09. The molecule has 1 atom stereocenters. The zero-order valence-corrected chi connectivity index (χ0v) is 9.69. The van der Waals surface area contributed by atoms with Crippen LogP contribution in [0.1, 0.15) is 18.5 Å². The fourth-order valence-corrected chi connectivity index (χ4v) is 1.52. The minimum Gasteiger partial charge on any atom is -0.363 e. The molecule has 0 aromatic carbocycles. The summed E-state index contributed by atoms with van der Waals surface area (Å²) in [5, 5.41) is 9.92. The van der Waals surface area contributed by atoms with Crippen molar-refractivity contribution >= 4 is 21.7 Å². The van der Waals surface area contributed by atoms with E-state index in [9.17, 15) is 0 Å². The normalized spacial score (nSPS) is 12.4. The van der Waals surface area contributed by atoms with E-state index in [0.717, 1.165) is 16.0 Å². The van der Waals surface area contributed by atoms with Gasteiger partial charge in [-0.3, -0.25) is 5.10 Å². The molecule has 2 N–H and O–H groups in total. The number of nitrogens with one attached hydrogen (secondary N) is 2. The molecule has 15 heavy (non-hydrogen) atoms. The summed E-state index contributed by atoms with van der Waals surface area (Å²) >= 11 is 3.29. The van der Waals surface area contributed by atoms with Crippen LogP contribution in [-0.4, -0.2) is 20.2 Å². The van der Waals surface area contributed by atoms with Gasteiger partial charge in [-0.2, -0.15) is 5.10 Å². The molecule has 2 aromatic rings. The molecule has 0 bridgehead atoms. The summed E-state index contributed by atoms with van der Waals surface area (Å²) in [6.07, 6.45) is 5.15. The Hall–Kier alpha value is -1.43. The molecule has 1 unspecified atom stereocenters. The molecule has 5 nitrogen and oxygen atoms in total. The van der Waals surface area contributed by atoms with Crippen molar-refractivity contribution in [2.75, 3.05) is 5.32 Å². The number of anilines is 1. The maximum atomic E-state index is 4.11. The van der Waals surface area contributed by atoms with Crippen LogP contribution in [0.3, 0.4) is 0 Å². The summed E-state index contributed by atoms with van der Waals surface area (Å²) in [5.74, 6) is 0.783. The number of rotatable bonds is 3. The van der Waals surface area contributed by atoms with Crippen LogP contribution < -0.4 is 5.32 Å². The first-order chi connectivity index (χ1) is 7.25. The molecule has 6 heteroatoms. The van der Waals surface area contributed by atoms with E-state index in [1.807, 2.05) is 19.2 Å². The second-order valence-electron chi connectivity index (χ2n) is 3.12. The molecule has 0 radical (unpaired) electrons. The molecular formula is C9H10BrN5. The standard InChI is InChI=1S/C9H10BrN5/c1-6(7-3-13-14-4-7)15-9-2-8(10)11-5-12-9/h2-6H,1H3,(H,13,14)(H,11,12,15). The van der Waals surface area contributed by atoms with Gasteiger partial charge in [0.15, 0.2) is 0 Å². The van der Waals surface area contributed by atoms with Crippen molar-refractivity contribution in [1.82, 2.24) is 20.2 Å². The van der Waals surface area contributed by atoms with Crippen molar-refractivity contribution < 1.29 is 0 Å². The van der Waals surface area contributed by atoms with E-state index in [1.54, 1.807) is 6.20 Å². The highest BCUT2D eigenvalue weighted by Crippen LogP contribution is 2.17. The summed E-state index contributed by atoms with van der Waals surface area (Å²) < 4.78 is 0.763. The Kier molecular flexibility index (Phi) is 2.96. The third kappa shape index (κ3) is 2.53. The van der Waals surface area contributed by atoms with E-state index in [0.29, 0.717) is 0 Å². The average Bonchev–Trinajstić information content (AvgIpc) is 2.70. The van der Waals surface area contributed by atoms with Gasteiger partial charge in [0.1, 0.15) is 16.7 Å². The third-order valence-electron chi connectivity index (χ3n) is 2.02. The van der Waals surface area contributed by atoms with E-state index in [-0.39, 0.29) is 6.04 Å². The summed E-state index contributed by atoms with van der Waals surface area (Å²) in [7, 11) is 0. The molecule has 2 aromatic heterocycles. The van der Waals surface area contributed by atoms with Gasteiger partial charge in [-0.25, -0.2) is 9.97 Å². The van der Waals surface area contributed by atoms with Crippen LogP contribution in [-0.2, 0) is 0 Å². The number of hydrogen-bond acceptors (Lipinski definition) is 4. The average molecular weight is 268 g/mol. The Morgan fingerprint density at radius 3 is 3.00 bits per heavy atom. The van der Waals surface area contributed by atoms with Gasteiger partial charge in [0.25, 0.3) is 0 Å². The van der Waals surface area contributed by atoms with Gasteiger partial charge < -0.3 is 5.32 Å². The van der Waals surface area contributed by atoms with Crippen molar-refractivity contribution in [3.63, 3.8) is 0 Å². The number of halogens is 1. The van der Waals surface area contributed by atoms with Crippen LogP contribution in [0.25, 0.3) is 0 Å². The lowest BCUT2D eigenvalue weighted by molar-refractivity contribution is 0.872. The summed E-state index contributed by atoms with van der Waals surface area (Å²) in [6.45, 7) is 2.04. The van der Waals surface area contributed by atoms with E-state index < -0.39 is 0 Å². The van der Waals surface area contributed by atoms with Crippen LogP contribution in [0.2, 0.25) is 0 Å². The predicted molar refractivity (Wildman–Crippen MR) is 60.4 cm³/mol. The van der Waals surface area contributed by atoms with Crippen LogP contribution in [0.5, 0.6) is 0 Å². The first-order valence-corrected chi connectivity index (χ1v) is 5.28. The molecule has 0 spiro atoms. The fourth-order valence-electron chi connectivity index (χ4n) is 1.22. The van der Waals surface area contributed by atoms with Crippen molar-refractivity contribution in [3.05, 3.63) is 35.0 Å². The molecule has 78 valence electrons. The zero-order valence-electron chi connectivity index (χ0n) is 8.11. The summed E-state index contributed by atoms with van der Waals surface area (Å²) in [6, 6.07) is 1.99. The van der Waals surface area contributed by atoms with Crippen LogP contribution in [0, 0.1) is 0 Å². The molecule has 0 fully saturated rings. The minimum atomic E-state index is 0.158. The lowest BCUT2D eigenvalue weighted by Crippen LogP contribution is -2.07. The van der Waals surface area contributed by atoms with Crippen molar-refractivity contribution in [3.8, 4) is 0 Å². The molecule has 0 aliphatic carbocycles. The first-order valence-electron chi connectivity index (χ1n) is 4.48. The fraction of sp³-hybridized carbons (Fsp3) is 0.222. The number of H-pyrrole nitrogens is 1. The monoisotopic (exact) mass is 267 g/mol. The molecule has 0 saturated heterocycles. The molecule has 0 saturated carbocycles. The molecule has 2 heterocycles. The zero-order chi connectivity index (χ0) is 10.7. The van der Waals surface area contributed by atoms with Gasteiger partial charge >= 0.3 is 0 Å². The highest BCUT2D eigenvalue weighted by atomic mass is 79.9. The third-order valence-corrected chi connectivity index (χ3v) is 2.45. The van der Waals surface area contributed by atoms with Gasteiger partial charge in [-0.15, -0.1) is 0 Å². The van der Waals surface area contributed by atoms with Gasteiger partial charge in [-0.05, 0) is 22.9 Å². The van der Waals surface area contributed by atoms with E-state index in [4.69, 9.17) is 0 Å². The molecule has 0 aliphatic rings. The number of nitrogens with zero attached hydrogens (tertiary/aromatic N) is 3. The summed E-state index contributed by atoms with van der Waals surface area (Å²) in [4.78, 5) is 8.06. The van der Waals surface area contributed by atoms with Crippen molar-refractivity contribution in [1.29, 1.82) is 0 Å². The first kappa shape index (κ1) is 10.1. The number of aromatic nitrogens is 4. The minimum absolute atomic E-state index is 0.158. The highest BCUT2D eigenvalue weighted by Gasteiger charge is 2.06. The van der Waals surface area contributed by atoms with Gasteiger partial charge in [0, 0.05) is 17.8 Å². The summed E-state index contributed by atoms with van der Waals surface area (Å²) in [5.41, 5.74) is 1.09. The maximum absolute atomic E-state index is 4.11. The van der Waals surface area contributed by atoms with E-state index in [2.05, 4.69) is 41.4 Å². The maximum Gasteiger partial charge on any atom is 0.130 e. The second kappa shape index (κ2) is 4.39. The lowest BCUT2D eigenvalue weighted by atomic mass is 10.2. The molecule has 0 aliphatic heterocycles. The smallest absolute Gasteiger partial charge is 0.130 e. The van der Waals surface area contributed by atoms with Crippen LogP contribution in [0.15, 0.2) is 29.4 Å². The largest absolute Gasteiger partial charge is 0.363 e. The topological polar surface area (TPSA) is 66.5 Å². The molecular weight excluding hydrogens is 258 g/mol. The number of hydrogen-bond donors (Lipinski definition) is 2. The highest BCUT2D eigenvalue weighted by molar-refractivity contribution is 9.10. The Morgan fingerprint density at radius 1 is 1.47 bits per heavy atom. The predicted octanol–water partition coefficient (Wildman–Crippen LogP) is 2.14. The van der Waals surface area contributed by atoms with E-state index >= 15 is 0 Å². The Morgan fingerprint density at radius 2 is 2.33 bits per heavy atom. The lowest BCUT2D eigenvalue weighted by Gasteiger charge is -2.12. The Bertz CT molecular complexity index is 428.